The molecule has 0 fully saturated rings. The van der Waals surface area contributed by atoms with Crippen LogP contribution < -0.4 is 49.5 Å². The highest BCUT2D eigenvalue weighted by atomic mass is 16.4. The Kier molecular flexibility index (Phi) is 23.1. The molecule has 20 heteroatoms. The van der Waals surface area contributed by atoms with Crippen molar-refractivity contribution in [2.45, 2.75) is 113 Å². The number of carbonyl (C=O) groups excluding carboxylic acids is 5. The van der Waals surface area contributed by atoms with Crippen LogP contribution in [-0.4, -0.2) is 130 Å². The first-order valence-electron chi connectivity index (χ1n) is 16.2. The van der Waals surface area contributed by atoms with Crippen LogP contribution in [0.15, 0.2) is 0 Å². The second-order valence-corrected chi connectivity index (χ2v) is 11.6. The summed E-state index contributed by atoms with van der Waals surface area (Å²) in [6, 6.07) is -8.58. The average molecular weight is 706 g/mol. The summed E-state index contributed by atoms with van der Waals surface area (Å²) in [4.78, 5) is 88.0. The van der Waals surface area contributed by atoms with Crippen molar-refractivity contribution in [2.75, 3.05) is 26.2 Å². The number of aliphatic carboxylic acids is 2. The molecule has 49 heavy (non-hydrogen) atoms. The molecule has 0 heterocycles. The molecule has 17 N–H and O–H groups in total. The van der Waals surface area contributed by atoms with Crippen LogP contribution in [0.25, 0.3) is 0 Å². The number of carbonyl (C=O) groups is 7. The lowest BCUT2D eigenvalue weighted by molar-refractivity contribution is -0.147. The molecule has 0 saturated carbocycles. The third kappa shape index (κ3) is 18.4. The average Bonchev–Trinajstić information content (AvgIpc) is 3.04. The lowest BCUT2D eigenvalue weighted by Gasteiger charge is -2.28. The molecule has 0 spiro atoms. The third-order valence-corrected chi connectivity index (χ3v) is 7.33. The highest BCUT2D eigenvalue weighted by Crippen LogP contribution is 2.08. The molecule has 7 unspecified atom stereocenters. The number of rotatable bonds is 27. The van der Waals surface area contributed by atoms with Crippen LogP contribution in [0.5, 0.6) is 0 Å². The van der Waals surface area contributed by atoms with Crippen molar-refractivity contribution in [1.82, 2.24) is 26.6 Å². The number of nitrogens with one attached hydrogen (secondary N) is 5. The number of unbranched alkanes of at least 4 members (excludes halogenated alkanes) is 3. The predicted molar refractivity (Wildman–Crippen MR) is 175 cm³/mol. The molecule has 0 aliphatic carbocycles. The van der Waals surface area contributed by atoms with Gasteiger partial charge < -0.3 is 69.9 Å². The van der Waals surface area contributed by atoms with Crippen LogP contribution >= 0.6 is 0 Å². The lowest BCUT2D eigenvalue weighted by Crippen LogP contribution is -2.61. The number of aliphatic hydroxyl groups is 2. The standard InChI is InChI=1S/C29H55N9O11/c1-16(40)23(28(47)36-19(9-3-6-12-31)26(45)37-21(29(48)49)14-22(41)42)38-27(46)20(10-4-7-13-32)35-25(44)18(8-2-5-11-30)34-24(43)17(33)15-39/h16-21,23,39-40H,2-15,30-33H2,1H3,(H,34,43)(H,35,44)(H,36,47)(H,37,45)(H,38,46)(H,41,42)(H,48,49). The third-order valence-electron chi connectivity index (χ3n) is 7.33. The van der Waals surface area contributed by atoms with Gasteiger partial charge in [0.15, 0.2) is 0 Å². The fraction of sp³-hybridized carbons (Fsp3) is 0.759. The van der Waals surface area contributed by atoms with E-state index in [1.165, 1.54) is 6.92 Å². The number of aliphatic hydroxyl groups excluding tert-OH is 2. The molecule has 7 atom stereocenters. The first kappa shape index (κ1) is 45.0. The number of hydrogen-bond acceptors (Lipinski definition) is 13. The number of carboxylic acid groups (broad SMARTS) is 2. The Morgan fingerprint density at radius 1 is 0.571 bits per heavy atom. The van der Waals surface area contributed by atoms with Crippen LogP contribution in [0.3, 0.4) is 0 Å². The Morgan fingerprint density at radius 2 is 0.939 bits per heavy atom. The van der Waals surface area contributed by atoms with Crippen LogP contribution in [0, 0.1) is 0 Å². The molecule has 0 aromatic carbocycles. The summed E-state index contributed by atoms with van der Waals surface area (Å²) < 4.78 is 0. The van der Waals surface area contributed by atoms with Gasteiger partial charge in [-0.2, -0.15) is 0 Å². The molecular formula is C29H55N9O11. The van der Waals surface area contributed by atoms with Gasteiger partial charge in [-0.15, -0.1) is 0 Å². The van der Waals surface area contributed by atoms with E-state index in [-0.39, 0.29) is 32.4 Å². The molecule has 0 aromatic rings. The predicted octanol–water partition coefficient (Wildman–Crippen LogP) is -4.94. The Bertz CT molecular complexity index is 1080. The molecule has 0 saturated heterocycles. The largest absolute Gasteiger partial charge is 0.481 e. The lowest BCUT2D eigenvalue weighted by atomic mass is 10.0. The highest BCUT2D eigenvalue weighted by molar-refractivity contribution is 5.96. The zero-order chi connectivity index (χ0) is 37.5. The Hall–Kier alpha value is -3.95. The van der Waals surface area contributed by atoms with Crippen molar-refractivity contribution >= 4 is 41.5 Å². The van der Waals surface area contributed by atoms with Crippen LogP contribution in [-0.2, 0) is 33.6 Å². The van der Waals surface area contributed by atoms with E-state index in [0.29, 0.717) is 45.1 Å². The second-order valence-electron chi connectivity index (χ2n) is 11.6. The van der Waals surface area contributed by atoms with Crippen molar-refractivity contribution in [3.63, 3.8) is 0 Å². The Labute approximate surface area is 284 Å². The summed E-state index contributed by atoms with van der Waals surface area (Å²) in [5, 5.41) is 49.8. The monoisotopic (exact) mass is 705 g/mol. The summed E-state index contributed by atoms with van der Waals surface area (Å²) in [6.07, 6.45) is 0.211. The van der Waals surface area contributed by atoms with Gasteiger partial charge in [0.25, 0.3) is 0 Å². The van der Waals surface area contributed by atoms with Gasteiger partial charge in [0.1, 0.15) is 36.3 Å². The number of nitrogens with two attached hydrogens (primary N) is 4. The van der Waals surface area contributed by atoms with E-state index < -0.39 is 96.9 Å². The Balaban J connectivity index is 6.08. The van der Waals surface area contributed by atoms with Crippen molar-refractivity contribution in [3.05, 3.63) is 0 Å². The smallest absolute Gasteiger partial charge is 0.326 e. The van der Waals surface area contributed by atoms with Crippen LogP contribution in [0.4, 0.5) is 0 Å². The summed E-state index contributed by atoms with van der Waals surface area (Å²) in [5.74, 6) is -7.58. The number of amides is 5. The molecule has 0 aliphatic rings. The summed E-state index contributed by atoms with van der Waals surface area (Å²) in [5.41, 5.74) is 22.2. The van der Waals surface area contributed by atoms with Crippen molar-refractivity contribution in [2.24, 2.45) is 22.9 Å². The van der Waals surface area contributed by atoms with Crippen LogP contribution in [0.1, 0.15) is 71.1 Å². The first-order chi connectivity index (χ1) is 23.1. The van der Waals surface area contributed by atoms with Gasteiger partial charge in [0.05, 0.1) is 19.1 Å². The van der Waals surface area contributed by atoms with Gasteiger partial charge in [-0.25, -0.2) is 4.79 Å². The number of hydrogen-bond donors (Lipinski definition) is 13. The first-order valence-corrected chi connectivity index (χ1v) is 16.2. The molecule has 282 valence electrons. The van der Waals surface area contributed by atoms with Gasteiger partial charge >= 0.3 is 11.9 Å². The van der Waals surface area contributed by atoms with Gasteiger partial charge in [0.2, 0.25) is 29.5 Å². The maximum atomic E-state index is 13.5. The van der Waals surface area contributed by atoms with E-state index in [2.05, 4.69) is 26.6 Å². The van der Waals surface area contributed by atoms with Gasteiger partial charge in [0, 0.05) is 0 Å². The zero-order valence-electron chi connectivity index (χ0n) is 27.9. The molecular weight excluding hydrogens is 650 g/mol. The maximum absolute atomic E-state index is 13.5. The molecule has 0 aliphatic heterocycles. The van der Waals surface area contributed by atoms with E-state index in [1.807, 2.05) is 0 Å². The molecule has 0 radical (unpaired) electrons. The van der Waals surface area contributed by atoms with E-state index in [4.69, 9.17) is 28.0 Å². The van der Waals surface area contributed by atoms with Crippen LogP contribution in [0.2, 0.25) is 0 Å². The summed E-state index contributed by atoms with van der Waals surface area (Å²) in [6.45, 7) is 1.36. The minimum atomic E-state index is -1.80. The quantitative estimate of drug-likeness (QED) is 0.0356. The van der Waals surface area contributed by atoms with Gasteiger partial charge in [-0.3, -0.25) is 28.8 Å². The maximum Gasteiger partial charge on any atom is 0.326 e. The topological polar surface area (TPSA) is 365 Å². The van der Waals surface area contributed by atoms with E-state index in [9.17, 15) is 48.9 Å². The van der Waals surface area contributed by atoms with Crippen molar-refractivity contribution < 1.29 is 54.0 Å². The zero-order valence-corrected chi connectivity index (χ0v) is 27.9. The second kappa shape index (κ2) is 25.1. The fourth-order valence-electron chi connectivity index (χ4n) is 4.49. The molecule has 0 aromatic heterocycles. The van der Waals surface area contributed by atoms with E-state index >= 15 is 0 Å². The molecule has 0 bridgehead atoms. The normalized spacial score (nSPS) is 15.3. The Morgan fingerprint density at radius 3 is 1.29 bits per heavy atom. The van der Waals surface area contributed by atoms with E-state index in [1.54, 1.807) is 0 Å². The number of carboxylic acids is 2. The summed E-state index contributed by atoms with van der Waals surface area (Å²) >= 11 is 0. The highest BCUT2D eigenvalue weighted by Gasteiger charge is 2.34. The minimum Gasteiger partial charge on any atom is -0.481 e. The minimum absolute atomic E-state index is 0.0381. The summed E-state index contributed by atoms with van der Waals surface area (Å²) in [7, 11) is 0. The van der Waals surface area contributed by atoms with Crippen molar-refractivity contribution in [3.8, 4) is 0 Å². The van der Waals surface area contributed by atoms with E-state index in [0.717, 1.165) is 0 Å². The fourth-order valence-corrected chi connectivity index (χ4v) is 4.49. The molecule has 20 nitrogen and oxygen atoms in total. The van der Waals surface area contributed by atoms with Gasteiger partial charge in [-0.05, 0) is 84.3 Å². The van der Waals surface area contributed by atoms with Gasteiger partial charge in [-0.1, -0.05) is 0 Å². The molecule has 5 amide bonds. The van der Waals surface area contributed by atoms with Crippen molar-refractivity contribution in [1.29, 1.82) is 0 Å². The SMILES string of the molecule is CC(O)C(NC(=O)C(CCCCN)NC(=O)C(CCCCN)NC(=O)C(N)CO)C(=O)NC(CCCCN)C(=O)NC(CC(=O)O)C(=O)O. The molecule has 0 rings (SSSR count).